The first-order valence-electron chi connectivity index (χ1n) is 11.6. The second-order valence-electron chi connectivity index (χ2n) is 8.73. The summed E-state index contributed by atoms with van der Waals surface area (Å²) in [7, 11) is 3.14. The molecule has 8 nitrogen and oxygen atoms in total. The summed E-state index contributed by atoms with van der Waals surface area (Å²) in [5.74, 6) is 0.0782. The highest BCUT2D eigenvalue weighted by atomic mass is 16.5. The number of hydrogen-bond acceptors (Lipinski definition) is 6. The van der Waals surface area contributed by atoms with Gasteiger partial charge in [-0.15, -0.1) is 0 Å². The molecule has 4 rings (SSSR count). The SMILES string of the molecule is CCOC(=O)C1C(=O)N(CCC(C)C)c2nc3ccccc3n2C1c1ccc(OC)cc1OC. The van der Waals surface area contributed by atoms with Gasteiger partial charge in [-0.05, 0) is 43.5 Å². The number of aromatic nitrogens is 2. The summed E-state index contributed by atoms with van der Waals surface area (Å²) >= 11 is 0. The summed E-state index contributed by atoms with van der Waals surface area (Å²) in [6.07, 6.45) is 0.779. The molecule has 1 amide bonds. The number of nitrogens with zero attached hydrogens (tertiary/aromatic N) is 3. The molecule has 0 spiro atoms. The lowest BCUT2D eigenvalue weighted by molar-refractivity contribution is -0.153. The molecule has 1 aliphatic rings. The lowest BCUT2D eigenvalue weighted by atomic mass is 9.88. The molecule has 8 heteroatoms. The van der Waals surface area contributed by atoms with Crippen LogP contribution in [0.2, 0.25) is 0 Å². The van der Waals surface area contributed by atoms with Crippen molar-refractivity contribution in [2.75, 3.05) is 32.3 Å². The van der Waals surface area contributed by atoms with E-state index in [1.54, 1.807) is 38.2 Å². The number of fused-ring (bicyclic) bond motifs is 3. The van der Waals surface area contributed by atoms with Gasteiger partial charge in [0.1, 0.15) is 11.5 Å². The quantitative estimate of drug-likeness (QED) is 0.366. The van der Waals surface area contributed by atoms with Gasteiger partial charge in [0, 0.05) is 18.2 Å². The molecule has 0 radical (unpaired) electrons. The first-order valence-corrected chi connectivity index (χ1v) is 11.6. The Balaban J connectivity index is 2.00. The maximum Gasteiger partial charge on any atom is 0.321 e. The Morgan fingerprint density at radius 3 is 2.56 bits per heavy atom. The van der Waals surface area contributed by atoms with Gasteiger partial charge in [-0.1, -0.05) is 26.0 Å². The lowest BCUT2D eigenvalue weighted by Gasteiger charge is -2.38. The first-order chi connectivity index (χ1) is 16.4. The van der Waals surface area contributed by atoms with Crippen LogP contribution in [0.4, 0.5) is 5.95 Å². The third-order valence-corrected chi connectivity index (χ3v) is 6.17. The molecule has 2 atom stereocenters. The molecule has 1 aliphatic heterocycles. The van der Waals surface area contributed by atoms with E-state index in [1.165, 1.54) is 0 Å². The van der Waals surface area contributed by atoms with Crippen LogP contribution >= 0.6 is 0 Å². The number of hydrogen-bond donors (Lipinski definition) is 0. The molecule has 34 heavy (non-hydrogen) atoms. The molecule has 0 bridgehead atoms. The van der Waals surface area contributed by atoms with E-state index in [0.29, 0.717) is 35.5 Å². The minimum absolute atomic E-state index is 0.179. The summed E-state index contributed by atoms with van der Waals surface area (Å²) in [5, 5.41) is 0. The van der Waals surface area contributed by atoms with Crippen LogP contribution in [0, 0.1) is 11.8 Å². The number of imidazole rings is 1. The first kappa shape index (κ1) is 23.6. The molecule has 1 aromatic heterocycles. The fourth-order valence-electron chi connectivity index (χ4n) is 4.49. The van der Waals surface area contributed by atoms with Crippen LogP contribution in [0.1, 0.15) is 38.8 Å². The number of ether oxygens (including phenoxy) is 3. The molecule has 2 aromatic carbocycles. The summed E-state index contributed by atoms with van der Waals surface area (Å²) in [6.45, 7) is 6.58. The van der Waals surface area contributed by atoms with E-state index in [4.69, 9.17) is 19.2 Å². The highest BCUT2D eigenvalue weighted by molar-refractivity contribution is 6.08. The highest BCUT2D eigenvalue weighted by Gasteiger charge is 2.48. The zero-order valence-corrected chi connectivity index (χ0v) is 20.3. The van der Waals surface area contributed by atoms with Gasteiger partial charge >= 0.3 is 5.97 Å². The summed E-state index contributed by atoms with van der Waals surface area (Å²) < 4.78 is 18.4. The molecular formula is C26H31N3O5. The Kier molecular flexibility index (Phi) is 6.77. The fourth-order valence-corrected chi connectivity index (χ4v) is 4.49. The van der Waals surface area contributed by atoms with Crippen molar-refractivity contribution < 1.29 is 23.8 Å². The third kappa shape index (κ3) is 4.08. The maximum absolute atomic E-state index is 13.9. The molecule has 0 saturated heterocycles. The van der Waals surface area contributed by atoms with E-state index in [2.05, 4.69) is 13.8 Å². The highest BCUT2D eigenvalue weighted by Crippen LogP contribution is 2.44. The molecule has 180 valence electrons. The molecular weight excluding hydrogens is 434 g/mol. The molecule has 0 N–H and O–H groups in total. The smallest absolute Gasteiger partial charge is 0.321 e. The zero-order chi connectivity index (χ0) is 24.4. The monoisotopic (exact) mass is 465 g/mol. The summed E-state index contributed by atoms with van der Waals surface area (Å²) in [5.41, 5.74) is 2.26. The number of carbonyl (C=O) groups excluding carboxylic acids is 2. The Hall–Kier alpha value is -3.55. The second-order valence-corrected chi connectivity index (χ2v) is 8.73. The number of para-hydroxylation sites is 2. The maximum atomic E-state index is 13.9. The molecule has 0 fully saturated rings. The van der Waals surface area contributed by atoms with Crippen molar-refractivity contribution in [3.8, 4) is 11.5 Å². The van der Waals surface area contributed by atoms with Gasteiger partial charge in [0.05, 0.1) is 37.9 Å². The number of esters is 1. The molecule has 2 heterocycles. The predicted octanol–water partition coefficient (Wildman–Crippen LogP) is 4.21. The number of anilines is 1. The van der Waals surface area contributed by atoms with E-state index in [9.17, 15) is 9.59 Å². The second kappa shape index (κ2) is 9.75. The molecule has 3 aromatic rings. The summed E-state index contributed by atoms with van der Waals surface area (Å²) in [4.78, 5) is 33.7. The number of benzene rings is 2. The van der Waals surface area contributed by atoms with Gasteiger partial charge in [0.25, 0.3) is 0 Å². The third-order valence-electron chi connectivity index (χ3n) is 6.17. The van der Waals surface area contributed by atoms with Crippen molar-refractivity contribution in [1.82, 2.24) is 9.55 Å². The van der Waals surface area contributed by atoms with E-state index in [0.717, 1.165) is 17.5 Å². The van der Waals surface area contributed by atoms with Crippen molar-refractivity contribution in [2.24, 2.45) is 11.8 Å². The van der Waals surface area contributed by atoms with Crippen molar-refractivity contribution >= 4 is 28.9 Å². The van der Waals surface area contributed by atoms with Crippen LogP contribution in [-0.4, -0.2) is 48.8 Å². The fraction of sp³-hybridized carbons (Fsp3) is 0.423. The van der Waals surface area contributed by atoms with Crippen molar-refractivity contribution in [3.05, 3.63) is 48.0 Å². The van der Waals surface area contributed by atoms with Crippen LogP contribution in [0.5, 0.6) is 11.5 Å². The minimum atomic E-state index is -1.08. The lowest BCUT2D eigenvalue weighted by Crippen LogP contribution is -2.50. The van der Waals surface area contributed by atoms with Gasteiger partial charge in [-0.3, -0.25) is 14.5 Å². The van der Waals surface area contributed by atoms with Gasteiger partial charge in [0.2, 0.25) is 11.9 Å². The Morgan fingerprint density at radius 2 is 1.88 bits per heavy atom. The number of rotatable bonds is 8. The van der Waals surface area contributed by atoms with Gasteiger partial charge in [-0.2, -0.15) is 0 Å². The number of amides is 1. The Labute approximate surface area is 199 Å². The number of methoxy groups -OCH3 is 2. The Bertz CT molecular complexity index is 1200. The normalized spacial score (nSPS) is 17.7. The topological polar surface area (TPSA) is 82.9 Å². The predicted molar refractivity (Wildman–Crippen MR) is 129 cm³/mol. The number of carbonyl (C=O) groups is 2. The van der Waals surface area contributed by atoms with Crippen LogP contribution in [0.3, 0.4) is 0 Å². The minimum Gasteiger partial charge on any atom is -0.497 e. The van der Waals surface area contributed by atoms with Crippen LogP contribution in [-0.2, 0) is 14.3 Å². The van der Waals surface area contributed by atoms with Crippen molar-refractivity contribution in [1.29, 1.82) is 0 Å². The van der Waals surface area contributed by atoms with E-state index in [1.807, 2.05) is 34.9 Å². The molecule has 0 saturated carbocycles. The molecule has 2 unspecified atom stereocenters. The van der Waals surface area contributed by atoms with Crippen LogP contribution in [0.15, 0.2) is 42.5 Å². The van der Waals surface area contributed by atoms with Gasteiger partial charge in [-0.25, -0.2) is 4.98 Å². The van der Waals surface area contributed by atoms with Gasteiger partial charge in [0.15, 0.2) is 5.92 Å². The van der Waals surface area contributed by atoms with Gasteiger partial charge < -0.3 is 18.8 Å². The van der Waals surface area contributed by atoms with E-state index < -0.39 is 17.9 Å². The average molecular weight is 466 g/mol. The van der Waals surface area contributed by atoms with Crippen molar-refractivity contribution in [2.45, 2.75) is 33.2 Å². The standard InChI is InChI=1S/C26H31N3O5/c1-6-34-25(31)22-23(18-12-11-17(32-4)15-21(18)33-5)29-20-10-8-7-9-19(20)27-26(29)28(24(22)30)14-13-16(2)3/h7-12,15-16,22-23H,6,13-14H2,1-5H3. The largest absolute Gasteiger partial charge is 0.497 e. The Morgan fingerprint density at radius 1 is 1.12 bits per heavy atom. The van der Waals surface area contributed by atoms with Crippen molar-refractivity contribution in [3.63, 3.8) is 0 Å². The average Bonchev–Trinajstić information content (AvgIpc) is 3.21. The van der Waals surface area contributed by atoms with Crippen LogP contribution in [0.25, 0.3) is 11.0 Å². The van der Waals surface area contributed by atoms with E-state index >= 15 is 0 Å². The molecule has 0 aliphatic carbocycles. The van der Waals surface area contributed by atoms with Crippen LogP contribution < -0.4 is 14.4 Å². The van der Waals surface area contributed by atoms with E-state index in [-0.39, 0.29) is 12.5 Å². The summed E-state index contributed by atoms with van der Waals surface area (Å²) in [6, 6.07) is 12.4. The zero-order valence-electron chi connectivity index (χ0n) is 20.3.